The fraction of sp³-hybridized carbons (Fsp3) is 0.562. The number of benzene rings is 1. The molecule has 0 radical (unpaired) electrons. The maximum absolute atomic E-state index is 12.0. The molecule has 1 aliphatic rings. The summed E-state index contributed by atoms with van der Waals surface area (Å²) in [5, 5.41) is 3.58. The lowest BCUT2D eigenvalue weighted by Crippen LogP contribution is -2.53. The quantitative estimate of drug-likeness (QED) is 0.805. The largest absolute Gasteiger partial charge is 0.492 e. The summed E-state index contributed by atoms with van der Waals surface area (Å²) in [7, 11) is 2.11. The Morgan fingerprint density at radius 3 is 2.77 bits per heavy atom. The van der Waals surface area contributed by atoms with Crippen LogP contribution >= 0.6 is 11.6 Å². The molecule has 1 aliphatic heterocycles. The Bertz CT molecular complexity index is 481. The topological polar surface area (TPSA) is 44.8 Å². The minimum absolute atomic E-state index is 0.0520. The smallest absolute Gasteiger partial charge is 0.234 e. The van der Waals surface area contributed by atoms with Gasteiger partial charge in [0.05, 0.1) is 13.1 Å². The van der Waals surface area contributed by atoms with Crippen LogP contribution in [0.4, 0.5) is 0 Å². The van der Waals surface area contributed by atoms with Gasteiger partial charge in [0.15, 0.2) is 0 Å². The van der Waals surface area contributed by atoms with E-state index in [1.165, 1.54) is 0 Å². The first-order valence-electron chi connectivity index (χ1n) is 7.62. The van der Waals surface area contributed by atoms with Crippen LogP contribution in [0.25, 0.3) is 0 Å². The van der Waals surface area contributed by atoms with Crippen LogP contribution < -0.4 is 10.1 Å². The molecule has 0 aliphatic carbocycles. The lowest BCUT2D eigenvalue weighted by molar-refractivity contribution is -0.123. The predicted octanol–water partition coefficient (Wildman–Crippen LogP) is 1.47. The van der Waals surface area contributed by atoms with Gasteiger partial charge in [0.2, 0.25) is 5.91 Å². The number of halogens is 1. The number of rotatable bonds is 6. The van der Waals surface area contributed by atoms with Crippen LogP contribution in [0.15, 0.2) is 24.3 Å². The number of carbonyl (C=O) groups is 1. The fourth-order valence-electron chi connectivity index (χ4n) is 2.54. The Balaban J connectivity index is 1.62. The molecule has 1 saturated heterocycles. The summed E-state index contributed by atoms with van der Waals surface area (Å²) in [5.41, 5.74) is 0. The van der Waals surface area contributed by atoms with Crippen molar-refractivity contribution in [3.63, 3.8) is 0 Å². The Hall–Kier alpha value is -1.30. The summed E-state index contributed by atoms with van der Waals surface area (Å²) in [6.45, 7) is 6.52. The van der Waals surface area contributed by atoms with E-state index in [4.69, 9.17) is 16.3 Å². The molecule has 0 spiro atoms. The molecule has 122 valence electrons. The van der Waals surface area contributed by atoms with E-state index in [9.17, 15) is 4.79 Å². The molecule has 0 saturated carbocycles. The van der Waals surface area contributed by atoms with Crippen LogP contribution in [-0.2, 0) is 4.79 Å². The highest BCUT2D eigenvalue weighted by Gasteiger charge is 2.22. The summed E-state index contributed by atoms with van der Waals surface area (Å²) >= 11 is 5.81. The molecule has 1 aromatic carbocycles. The highest BCUT2D eigenvalue weighted by Crippen LogP contribution is 2.15. The van der Waals surface area contributed by atoms with Gasteiger partial charge in [0.25, 0.3) is 0 Å². The average Bonchev–Trinajstić information content (AvgIpc) is 2.48. The minimum Gasteiger partial charge on any atom is -0.492 e. The third-order valence-electron chi connectivity index (χ3n) is 3.82. The number of likely N-dealkylation sites (N-methyl/N-ethyl adjacent to an activating group) is 1. The molecule has 6 heteroatoms. The monoisotopic (exact) mass is 325 g/mol. The van der Waals surface area contributed by atoms with Gasteiger partial charge < -0.3 is 15.0 Å². The Morgan fingerprint density at radius 1 is 1.36 bits per heavy atom. The molecular formula is C16H24ClN3O2. The Labute approximate surface area is 137 Å². The van der Waals surface area contributed by atoms with Crippen molar-refractivity contribution in [3.8, 4) is 5.75 Å². The van der Waals surface area contributed by atoms with E-state index in [0.29, 0.717) is 30.8 Å². The van der Waals surface area contributed by atoms with Crippen molar-refractivity contribution >= 4 is 17.5 Å². The number of nitrogens with one attached hydrogen (secondary N) is 1. The Kier molecular flexibility index (Phi) is 6.49. The summed E-state index contributed by atoms with van der Waals surface area (Å²) in [4.78, 5) is 16.5. The molecule has 5 nitrogen and oxygen atoms in total. The van der Waals surface area contributed by atoms with Gasteiger partial charge in [-0.15, -0.1) is 0 Å². The van der Waals surface area contributed by atoms with Crippen LogP contribution in [0.5, 0.6) is 5.75 Å². The molecule has 2 rings (SSSR count). The maximum Gasteiger partial charge on any atom is 0.234 e. The van der Waals surface area contributed by atoms with Gasteiger partial charge in [0.1, 0.15) is 12.4 Å². The van der Waals surface area contributed by atoms with Crippen molar-refractivity contribution in [2.45, 2.75) is 13.0 Å². The third-order valence-corrected chi connectivity index (χ3v) is 4.07. The summed E-state index contributed by atoms with van der Waals surface area (Å²) in [5.74, 6) is 0.808. The number of hydrogen-bond donors (Lipinski definition) is 1. The summed E-state index contributed by atoms with van der Waals surface area (Å²) in [6, 6.07) is 7.61. The fourth-order valence-corrected chi connectivity index (χ4v) is 2.67. The van der Waals surface area contributed by atoms with Gasteiger partial charge >= 0.3 is 0 Å². The van der Waals surface area contributed by atoms with Gasteiger partial charge in [-0.05, 0) is 38.2 Å². The number of nitrogens with zero attached hydrogens (tertiary/aromatic N) is 2. The first kappa shape index (κ1) is 17.1. The van der Waals surface area contributed by atoms with E-state index in [0.717, 1.165) is 25.4 Å². The molecule has 0 bridgehead atoms. The summed E-state index contributed by atoms with van der Waals surface area (Å²) in [6.07, 6.45) is 0. The van der Waals surface area contributed by atoms with Gasteiger partial charge in [-0.3, -0.25) is 9.69 Å². The van der Waals surface area contributed by atoms with E-state index in [1.807, 2.05) is 12.1 Å². The molecule has 22 heavy (non-hydrogen) atoms. The molecule has 0 unspecified atom stereocenters. The maximum atomic E-state index is 12.0. The number of amides is 1. The highest BCUT2D eigenvalue weighted by atomic mass is 35.5. The number of hydrogen-bond acceptors (Lipinski definition) is 4. The van der Waals surface area contributed by atoms with E-state index < -0.39 is 0 Å². The van der Waals surface area contributed by atoms with Crippen molar-refractivity contribution < 1.29 is 9.53 Å². The zero-order chi connectivity index (χ0) is 15.9. The zero-order valence-electron chi connectivity index (χ0n) is 13.2. The molecule has 1 amide bonds. The highest BCUT2D eigenvalue weighted by molar-refractivity contribution is 6.30. The van der Waals surface area contributed by atoms with Crippen LogP contribution in [-0.4, -0.2) is 68.1 Å². The van der Waals surface area contributed by atoms with Crippen LogP contribution in [0.1, 0.15) is 6.92 Å². The second-order valence-corrected chi connectivity index (χ2v) is 6.17. The number of ether oxygens (including phenoxy) is 1. The van der Waals surface area contributed by atoms with Gasteiger partial charge in [-0.25, -0.2) is 0 Å². The summed E-state index contributed by atoms with van der Waals surface area (Å²) < 4.78 is 5.54. The number of carbonyl (C=O) groups excluding carboxylic acids is 1. The first-order chi connectivity index (χ1) is 10.5. The minimum atomic E-state index is 0.0520. The van der Waals surface area contributed by atoms with Gasteiger partial charge in [-0.1, -0.05) is 11.6 Å². The Morgan fingerprint density at radius 2 is 2.09 bits per heavy atom. The zero-order valence-corrected chi connectivity index (χ0v) is 14.0. The van der Waals surface area contributed by atoms with Crippen LogP contribution in [0.2, 0.25) is 5.02 Å². The molecule has 1 N–H and O–H groups in total. The standard InChI is InChI=1S/C16H24ClN3O2/c1-13-11-19(2)8-9-20(13)12-16(21)18-7-10-22-15-5-3-14(17)4-6-15/h3-6,13H,7-12H2,1-2H3,(H,18,21)/t13-/m0/s1. The van der Waals surface area contributed by atoms with E-state index in [1.54, 1.807) is 12.1 Å². The second-order valence-electron chi connectivity index (χ2n) is 5.73. The van der Waals surface area contributed by atoms with Gasteiger partial charge in [-0.2, -0.15) is 0 Å². The lowest BCUT2D eigenvalue weighted by Gasteiger charge is -2.37. The van der Waals surface area contributed by atoms with Crippen LogP contribution in [0.3, 0.4) is 0 Å². The van der Waals surface area contributed by atoms with E-state index >= 15 is 0 Å². The van der Waals surface area contributed by atoms with E-state index in [-0.39, 0.29) is 5.91 Å². The predicted molar refractivity (Wildman–Crippen MR) is 88.5 cm³/mol. The van der Waals surface area contributed by atoms with Crippen molar-refractivity contribution in [2.24, 2.45) is 0 Å². The lowest BCUT2D eigenvalue weighted by atomic mass is 10.2. The van der Waals surface area contributed by atoms with Gasteiger partial charge in [0, 0.05) is 30.7 Å². The van der Waals surface area contributed by atoms with Crippen molar-refractivity contribution in [3.05, 3.63) is 29.3 Å². The first-order valence-corrected chi connectivity index (χ1v) is 8.00. The molecule has 1 aromatic rings. The SMILES string of the molecule is C[C@H]1CN(C)CCN1CC(=O)NCCOc1ccc(Cl)cc1. The number of piperazine rings is 1. The second kappa shape index (κ2) is 8.36. The third kappa shape index (κ3) is 5.48. The van der Waals surface area contributed by atoms with Crippen molar-refractivity contribution in [1.29, 1.82) is 0 Å². The average molecular weight is 326 g/mol. The molecule has 1 heterocycles. The van der Waals surface area contributed by atoms with Crippen LogP contribution in [0, 0.1) is 0 Å². The molecule has 1 atom stereocenters. The molecule has 0 aromatic heterocycles. The molecular weight excluding hydrogens is 302 g/mol. The molecule has 1 fully saturated rings. The van der Waals surface area contributed by atoms with Crippen molar-refractivity contribution in [1.82, 2.24) is 15.1 Å². The van der Waals surface area contributed by atoms with Crippen molar-refractivity contribution in [2.75, 3.05) is 46.4 Å². The van der Waals surface area contributed by atoms with E-state index in [2.05, 4.69) is 29.1 Å². The normalized spacial score (nSPS) is 19.9.